The zero-order valence-corrected chi connectivity index (χ0v) is 13.9. The fourth-order valence-corrected chi connectivity index (χ4v) is 3.02. The number of benzene rings is 1. The molecule has 0 spiro atoms. The van der Waals surface area contributed by atoms with E-state index in [0.717, 1.165) is 16.9 Å². The minimum Gasteiger partial charge on any atom is -0.302 e. The normalized spacial score (nSPS) is 10.9. The summed E-state index contributed by atoms with van der Waals surface area (Å²) in [5.74, 6) is 0.281. The molecule has 23 heavy (non-hydrogen) atoms. The molecule has 3 rings (SSSR count). The van der Waals surface area contributed by atoms with E-state index in [1.165, 1.54) is 11.3 Å². The van der Waals surface area contributed by atoms with E-state index in [1.54, 1.807) is 10.9 Å². The van der Waals surface area contributed by atoms with Crippen molar-refractivity contribution in [3.8, 4) is 5.69 Å². The maximum absolute atomic E-state index is 12.1. The lowest BCUT2D eigenvalue weighted by Gasteiger charge is -2.01. The van der Waals surface area contributed by atoms with Crippen LogP contribution in [0.1, 0.15) is 31.0 Å². The zero-order chi connectivity index (χ0) is 16.2. The van der Waals surface area contributed by atoms with Gasteiger partial charge < -0.3 is 5.32 Å². The van der Waals surface area contributed by atoms with Crippen LogP contribution < -0.4 is 5.32 Å². The number of thiazole rings is 1. The van der Waals surface area contributed by atoms with Gasteiger partial charge in [0.05, 0.1) is 24.0 Å². The van der Waals surface area contributed by atoms with Gasteiger partial charge >= 0.3 is 0 Å². The van der Waals surface area contributed by atoms with Crippen LogP contribution in [0.25, 0.3) is 5.69 Å². The van der Waals surface area contributed by atoms with Crippen LogP contribution in [0.4, 0.5) is 5.13 Å². The molecule has 2 heterocycles. The van der Waals surface area contributed by atoms with Gasteiger partial charge in [0.15, 0.2) is 5.13 Å². The topological polar surface area (TPSA) is 59.8 Å². The van der Waals surface area contributed by atoms with Crippen molar-refractivity contribution in [3.63, 3.8) is 0 Å². The molecule has 1 aromatic carbocycles. The Morgan fingerprint density at radius 2 is 2.09 bits per heavy atom. The van der Waals surface area contributed by atoms with Gasteiger partial charge in [-0.1, -0.05) is 32.0 Å². The van der Waals surface area contributed by atoms with E-state index in [-0.39, 0.29) is 12.3 Å². The van der Waals surface area contributed by atoms with Crippen molar-refractivity contribution in [2.75, 3.05) is 5.32 Å². The van der Waals surface area contributed by atoms with E-state index in [4.69, 9.17) is 0 Å². The zero-order valence-electron chi connectivity index (χ0n) is 13.1. The highest BCUT2D eigenvalue weighted by atomic mass is 32.1. The minimum absolute atomic E-state index is 0.0812. The maximum Gasteiger partial charge on any atom is 0.230 e. The Kier molecular flexibility index (Phi) is 4.52. The highest BCUT2D eigenvalue weighted by Crippen LogP contribution is 2.21. The number of nitrogens with zero attached hydrogens (tertiary/aromatic N) is 3. The summed E-state index contributed by atoms with van der Waals surface area (Å²) < 4.78 is 1.77. The van der Waals surface area contributed by atoms with Gasteiger partial charge in [-0.25, -0.2) is 9.67 Å². The Morgan fingerprint density at radius 1 is 1.30 bits per heavy atom. The van der Waals surface area contributed by atoms with Crippen molar-refractivity contribution in [1.29, 1.82) is 0 Å². The second kappa shape index (κ2) is 6.75. The molecule has 6 heteroatoms. The Morgan fingerprint density at radius 3 is 2.78 bits per heavy atom. The van der Waals surface area contributed by atoms with Crippen LogP contribution in [0.15, 0.2) is 48.1 Å². The van der Waals surface area contributed by atoms with Crippen molar-refractivity contribution in [1.82, 2.24) is 14.8 Å². The lowest BCUT2D eigenvalue weighted by Crippen LogP contribution is -2.14. The Hall–Kier alpha value is -2.47. The number of amides is 1. The quantitative estimate of drug-likeness (QED) is 0.779. The highest BCUT2D eigenvalue weighted by molar-refractivity contribution is 7.13. The first-order valence-corrected chi connectivity index (χ1v) is 8.34. The highest BCUT2D eigenvalue weighted by Gasteiger charge is 2.10. The van der Waals surface area contributed by atoms with Crippen LogP contribution >= 0.6 is 11.3 Å². The average molecular weight is 326 g/mol. The number of anilines is 1. The molecule has 118 valence electrons. The van der Waals surface area contributed by atoms with E-state index in [2.05, 4.69) is 29.2 Å². The molecular weight excluding hydrogens is 308 g/mol. The number of hydrogen-bond acceptors (Lipinski definition) is 4. The van der Waals surface area contributed by atoms with Gasteiger partial charge in [-0.2, -0.15) is 5.10 Å². The predicted octanol–water partition coefficient (Wildman–Crippen LogP) is 3.63. The van der Waals surface area contributed by atoms with Crippen molar-refractivity contribution < 1.29 is 4.79 Å². The van der Waals surface area contributed by atoms with Crippen LogP contribution in [0.3, 0.4) is 0 Å². The number of nitrogens with one attached hydrogen (secondary N) is 1. The molecule has 0 saturated carbocycles. The molecule has 0 aliphatic heterocycles. The van der Waals surface area contributed by atoms with E-state index in [1.807, 2.05) is 41.9 Å². The SMILES string of the molecule is CC(C)c1csc(NC(=O)Cc2cnn(-c3ccccc3)c2)n1. The first kappa shape index (κ1) is 15.4. The number of carbonyl (C=O) groups excluding carboxylic acids is 1. The first-order valence-electron chi connectivity index (χ1n) is 7.46. The van der Waals surface area contributed by atoms with Crippen LogP contribution in [0.2, 0.25) is 0 Å². The summed E-state index contributed by atoms with van der Waals surface area (Å²) in [6, 6.07) is 9.82. The molecule has 0 bridgehead atoms. The van der Waals surface area contributed by atoms with Crippen LogP contribution in [0.5, 0.6) is 0 Å². The predicted molar refractivity (Wildman–Crippen MR) is 92.1 cm³/mol. The third-order valence-corrected chi connectivity index (χ3v) is 4.16. The van der Waals surface area contributed by atoms with Crippen molar-refractivity contribution in [3.05, 3.63) is 59.4 Å². The first-order chi connectivity index (χ1) is 11.1. The number of aromatic nitrogens is 3. The third kappa shape index (κ3) is 3.84. The van der Waals surface area contributed by atoms with Crippen molar-refractivity contribution in [2.45, 2.75) is 26.2 Å². The fourth-order valence-electron chi connectivity index (χ4n) is 2.13. The summed E-state index contributed by atoms with van der Waals surface area (Å²) in [4.78, 5) is 16.5. The second-order valence-electron chi connectivity index (χ2n) is 5.59. The Balaban J connectivity index is 1.63. The molecule has 0 fully saturated rings. The summed E-state index contributed by atoms with van der Waals surface area (Å²) in [5.41, 5.74) is 2.84. The summed E-state index contributed by atoms with van der Waals surface area (Å²) >= 11 is 1.45. The molecule has 1 N–H and O–H groups in total. The van der Waals surface area contributed by atoms with Crippen molar-refractivity contribution >= 4 is 22.4 Å². The van der Waals surface area contributed by atoms with Gasteiger partial charge in [0.25, 0.3) is 0 Å². The maximum atomic E-state index is 12.1. The van der Waals surface area contributed by atoms with E-state index >= 15 is 0 Å². The molecule has 0 aliphatic carbocycles. The molecule has 5 nitrogen and oxygen atoms in total. The van der Waals surface area contributed by atoms with Crippen LogP contribution in [-0.4, -0.2) is 20.7 Å². The fraction of sp³-hybridized carbons (Fsp3) is 0.235. The number of para-hydroxylation sites is 1. The monoisotopic (exact) mass is 326 g/mol. The molecule has 1 amide bonds. The van der Waals surface area contributed by atoms with E-state index in [9.17, 15) is 4.79 Å². The standard InChI is InChI=1S/C17H18N4OS/c1-12(2)15-11-23-17(19-15)20-16(22)8-13-9-18-21(10-13)14-6-4-3-5-7-14/h3-7,9-12H,8H2,1-2H3,(H,19,20,22). The smallest absolute Gasteiger partial charge is 0.230 e. The summed E-state index contributed by atoms with van der Waals surface area (Å²) in [6.07, 6.45) is 3.87. The van der Waals surface area contributed by atoms with Gasteiger partial charge in [0, 0.05) is 11.6 Å². The molecule has 0 aliphatic rings. The Bertz CT molecular complexity index is 792. The molecule has 0 saturated heterocycles. The van der Waals surface area contributed by atoms with Gasteiger partial charge in [-0.15, -0.1) is 11.3 Å². The molecule has 3 aromatic rings. The minimum atomic E-state index is -0.0812. The average Bonchev–Trinajstić information content (AvgIpc) is 3.18. The lowest BCUT2D eigenvalue weighted by molar-refractivity contribution is -0.115. The second-order valence-corrected chi connectivity index (χ2v) is 6.44. The summed E-state index contributed by atoms with van der Waals surface area (Å²) in [6.45, 7) is 4.16. The van der Waals surface area contributed by atoms with Crippen LogP contribution in [0, 0.1) is 0 Å². The van der Waals surface area contributed by atoms with Crippen LogP contribution in [-0.2, 0) is 11.2 Å². The molecule has 2 aromatic heterocycles. The molecular formula is C17H18N4OS. The summed E-state index contributed by atoms with van der Waals surface area (Å²) in [7, 11) is 0. The van der Waals surface area contributed by atoms with Crippen molar-refractivity contribution in [2.24, 2.45) is 0 Å². The lowest BCUT2D eigenvalue weighted by atomic mass is 10.2. The third-order valence-electron chi connectivity index (χ3n) is 3.38. The van der Waals surface area contributed by atoms with Gasteiger partial charge in [-0.3, -0.25) is 4.79 Å². The number of hydrogen-bond donors (Lipinski definition) is 1. The number of rotatable bonds is 5. The van der Waals surface area contributed by atoms with E-state index < -0.39 is 0 Å². The van der Waals surface area contributed by atoms with Gasteiger partial charge in [0.2, 0.25) is 5.91 Å². The largest absolute Gasteiger partial charge is 0.302 e. The van der Waals surface area contributed by atoms with Gasteiger partial charge in [0.1, 0.15) is 0 Å². The van der Waals surface area contributed by atoms with E-state index in [0.29, 0.717) is 11.0 Å². The number of carbonyl (C=O) groups is 1. The summed E-state index contributed by atoms with van der Waals surface area (Å²) in [5, 5.41) is 9.77. The molecule has 0 radical (unpaired) electrons. The molecule has 0 unspecified atom stereocenters. The molecule has 0 atom stereocenters. The Labute approximate surface area is 139 Å². The van der Waals surface area contributed by atoms with Gasteiger partial charge in [-0.05, 0) is 23.6 Å².